The normalized spacial score (nSPS) is 12.1. The van der Waals surface area contributed by atoms with Crippen LogP contribution in [0.25, 0.3) is 0 Å². The Kier molecular flexibility index (Phi) is 5.58. The maximum atomic E-state index is 6.03. The number of hydrogen-bond acceptors (Lipinski definition) is 2. The zero-order chi connectivity index (χ0) is 15.6. The fourth-order valence-electron chi connectivity index (χ4n) is 2.17. The molecule has 21 heavy (non-hydrogen) atoms. The molecule has 2 aromatic carbocycles. The van der Waals surface area contributed by atoms with Crippen LogP contribution in [0.4, 0.5) is 0 Å². The van der Waals surface area contributed by atoms with Gasteiger partial charge in [0.05, 0.1) is 23.5 Å². The molecule has 1 atom stereocenters. The number of ether oxygens (including phenoxy) is 2. The van der Waals surface area contributed by atoms with Gasteiger partial charge in [-0.1, -0.05) is 33.6 Å². The zero-order valence-electron chi connectivity index (χ0n) is 11.9. The minimum atomic E-state index is -0.00767. The van der Waals surface area contributed by atoms with Crippen LogP contribution in [-0.2, 0) is 0 Å². The quantitative estimate of drug-likeness (QED) is 0.557. The molecule has 0 amide bonds. The van der Waals surface area contributed by atoms with Crippen molar-refractivity contribution in [2.75, 3.05) is 14.2 Å². The SMILES string of the molecule is COc1cc(C(Br)c2ccc(Cl)cc2C)c(OC)cc1Br. The van der Waals surface area contributed by atoms with Gasteiger partial charge in [-0.3, -0.25) is 0 Å². The summed E-state index contributed by atoms with van der Waals surface area (Å²) in [5, 5.41) is 0.733. The second-order valence-corrected chi connectivity index (χ2v) is 6.80. The number of alkyl halides is 1. The standard InChI is InChI=1S/C16H15Br2ClO2/c1-9-6-10(19)4-5-11(9)16(18)12-7-15(21-3)13(17)8-14(12)20-2/h4-8,16H,1-3H3. The molecule has 0 aliphatic carbocycles. The molecule has 0 radical (unpaired) electrons. The molecule has 0 bridgehead atoms. The highest BCUT2D eigenvalue weighted by Gasteiger charge is 2.19. The number of methoxy groups -OCH3 is 2. The highest BCUT2D eigenvalue weighted by Crippen LogP contribution is 2.42. The van der Waals surface area contributed by atoms with Crippen LogP contribution in [-0.4, -0.2) is 14.2 Å². The molecule has 0 saturated carbocycles. The average molecular weight is 435 g/mol. The number of benzene rings is 2. The Bertz CT molecular complexity index is 659. The monoisotopic (exact) mass is 432 g/mol. The van der Waals surface area contributed by atoms with Gasteiger partial charge in [-0.25, -0.2) is 0 Å². The van der Waals surface area contributed by atoms with Crippen molar-refractivity contribution >= 4 is 43.5 Å². The Morgan fingerprint density at radius 3 is 2.24 bits per heavy atom. The van der Waals surface area contributed by atoms with Crippen LogP contribution in [0.15, 0.2) is 34.8 Å². The maximum absolute atomic E-state index is 6.03. The van der Waals surface area contributed by atoms with Crippen LogP contribution in [0.5, 0.6) is 11.5 Å². The van der Waals surface area contributed by atoms with E-state index in [-0.39, 0.29) is 4.83 Å². The fraction of sp³-hybridized carbons (Fsp3) is 0.250. The Hall–Kier alpha value is -0.710. The van der Waals surface area contributed by atoms with E-state index in [9.17, 15) is 0 Å². The fourth-order valence-corrected chi connectivity index (χ4v) is 3.76. The smallest absolute Gasteiger partial charge is 0.133 e. The molecule has 0 aliphatic rings. The third-order valence-electron chi connectivity index (χ3n) is 3.28. The number of hydrogen-bond donors (Lipinski definition) is 0. The van der Waals surface area contributed by atoms with Gasteiger partial charge in [0.1, 0.15) is 11.5 Å². The molecule has 0 heterocycles. The van der Waals surface area contributed by atoms with Crippen molar-refractivity contribution in [2.24, 2.45) is 0 Å². The van der Waals surface area contributed by atoms with Gasteiger partial charge < -0.3 is 9.47 Å². The summed E-state index contributed by atoms with van der Waals surface area (Å²) in [5.41, 5.74) is 3.26. The van der Waals surface area contributed by atoms with E-state index in [1.165, 1.54) is 0 Å². The predicted octanol–water partition coefficient (Wildman–Crippen LogP) is 5.91. The van der Waals surface area contributed by atoms with Gasteiger partial charge >= 0.3 is 0 Å². The Labute approximate surface area is 146 Å². The molecule has 2 nitrogen and oxygen atoms in total. The Morgan fingerprint density at radius 1 is 1.00 bits per heavy atom. The van der Waals surface area contributed by atoms with Gasteiger partial charge in [0.15, 0.2) is 0 Å². The Morgan fingerprint density at radius 2 is 1.67 bits per heavy atom. The lowest BCUT2D eigenvalue weighted by atomic mass is 9.99. The van der Waals surface area contributed by atoms with Crippen molar-refractivity contribution < 1.29 is 9.47 Å². The summed E-state index contributed by atoms with van der Waals surface area (Å²) in [6.07, 6.45) is 0. The zero-order valence-corrected chi connectivity index (χ0v) is 15.8. The first-order valence-electron chi connectivity index (χ1n) is 6.29. The van der Waals surface area contributed by atoms with Crippen LogP contribution >= 0.6 is 43.5 Å². The second-order valence-electron chi connectivity index (χ2n) is 4.59. The molecule has 0 spiro atoms. The molecule has 112 valence electrons. The second kappa shape index (κ2) is 7.03. The topological polar surface area (TPSA) is 18.5 Å². The summed E-state index contributed by atoms with van der Waals surface area (Å²) < 4.78 is 11.7. The van der Waals surface area contributed by atoms with Crippen LogP contribution in [0.2, 0.25) is 5.02 Å². The first-order valence-corrected chi connectivity index (χ1v) is 8.38. The minimum absolute atomic E-state index is 0.00767. The molecular weight excluding hydrogens is 419 g/mol. The first kappa shape index (κ1) is 16.7. The van der Waals surface area contributed by atoms with Gasteiger partial charge in [0.2, 0.25) is 0 Å². The van der Waals surface area contributed by atoms with Crippen LogP contribution in [0.1, 0.15) is 21.5 Å². The van der Waals surface area contributed by atoms with E-state index in [0.717, 1.165) is 37.7 Å². The summed E-state index contributed by atoms with van der Waals surface area (Å²) in [4.78, 5) is -0.00767. The van der Waals surface area contributed by atoms with Crippen LogP contribution in [0.3, 0.4) is 0 Å². The van der Waals surface area contributed by atoms with E-state index >= 15 is 0 Å². The summed E-state index contributed by atoms with van der Waals surface area (Å²) in [6, 6.07) is 9.74. The summed E-state index contributed by atoms with van der Waals surface area (Å²) >= 11 is 13.3. The van der Waals surface area contributed by atoms with Crippen LogP contribution < -0.4 is 9.47 Å². The van der Waals surface area contributed by atoms with E-state index in [2.05, 4.69) is 31.9 Å². The summed E-state index contributed by atoms with van der Waals surface area (Å²) in [5.74, 6) is 1.56. The molecule has 0 saturated heterocycles. The van der Waals surface area contributed by atoms with Crippen molar-refractivity contribution in [1.29, 1.82) is 0 Å². The summed E-state index contributed by atoms with van der Waals surface area (Å²) in [6.45, 7) is 2.04. The average Bonchev–Trinajstić information content (AvgIpc) is 2.46. The Balaban J connectivity index is 2.53. The van der Waals surface area contributed by atoms with E-state index in [1.807, 2.05) is 37.3 Å². The number of halogens is 3. The van der Waals surface area contributed by atoms with Crippen molar-refractivity contribution in [2.45, 2.75) is 11.8 Å². The molecule has 0 aromatic heterocycles. The van der Waals surface area contributed by atoms with Crippen molar-refractivity contribution in [3.8, 4) is 11.5 Å². The van der Waals surface area contributed by atoms with E-state index < -0.39 is 0 Å². The van der Waals surface area contributed by atoms with E-state index in [4.69, 9.17) is 21.1 Å². The van der Waals surface area contributed by atoms with Gasteiger partial charge in [-0.05, 0) is 58.2 Å². The van der Waals surface area contributed by atoms with E-state index in [1.54, 1.807) is 14.2 Å². The van der Waals surface area contributed by atoms with Gasteiger partial charge in [0.25, 0.3) is 0 Å². The lowest BCUT2D eigenvalue weighted by molar-refractivity contribution is 0.397. The highest BCUT2D eigenvalue weighted by atomic mass is 79.9. The third-order valence-corrected chi connectivity index (χ3v) is 5.12. The van der Waals surface area contributed by atoms with Crippen molar-refractivity contribution in [1.82, 2.24) is 0 Å². The number of aryl methyl sites for hydroxylation is 1. The van der Waals surface area contributed by atoms with Gasteiger partial charge in [-0.2, -0.15) is 0 Å². The summed E-state index contributed by atoms with van der Waals surface area (Å²) in [7, 11) is 3.30. The molecule has 1 unspecified atom stereocenters. The molecular formula is C16H15Br2ClO2. The van der Waals surface area contributed by atoms with E-state index in [0.29, 0.717) is 0 Å². The molecule has 0 N–H and O–H groups in total. The highest BCUT2D eigenvalue weighted by molar-refractivity contribution is 9.10. The lowest BCUT2D eigenvalue weighted by Gasteiger charge is -2.18. The van der Waals surface area contributed by atoms with Gasteiger partial charge in [-0.15, -0.1) is 0 Å². The molecule has 2 rings (SSSR count). The van der Waals surface area contributed by atoms with Crippen molar-refractivity contribution in [3.63, 3.8) is 0 Å². The largest absolute Gasteiger partial charge is 0.496 e. The predicted molar refractivity (Wildman–Crippen MR) is 94.2 cm³/mol. The van der Waals surface area contributed by atoms with Gasteiger partial charge in [0, 0.05) is 10.6 Å². The first-order chi connectivity index (χ1) is 9.97. The minimum Gasteiger partial charge on any atom is -0.496 e. The molecule has 0 fully saturated rings. The molecule has 5 heteroatoms. The van der Waals surface area contributed by atoms with Crippen molar-refractivity contribution in [3.05, 3.63) is 56.5 Å². The third kappa shape index (κ3) is 3.55. The molecule has 2 aromatic rings. The van der Waals surface area contributed by atoms with Crippen LogP contribution in [0, 0.1) is 6.92 Å². The maximum Gasteiger partial charge on any atom is 0.133 e. The lowest BCUT2D eigenvalue weighted by Crippen LogP contribution is -2.00. The molecule has 0 aliphatic heterocycles. The number of rotatable bonds is 4.